The van der Waals surface area contributed by atoms with E-state index in [1.54, 1.807) is 6.92 Å². The van der Waals surface area contributed by atoms with Crippen LogP contribution in [0.3, 0.4) is 0 Å². The monoisotopic (exact) mass is 214 g/mol. The molecule has 4 N–H and O–H groups in total. The summed E-state index contributed by atoms with van der Waals surface area (Å²) in [7, 11) is 0. The third-order valence-corrected chi connectivity index (χ3v) is 2.68. The molecule has 0 saturated heterocycles. The third-order valence-electron chi connectivity index (χ3n) is 2.68. The van der Waals surface area contributed by atoms with Gasteiger partial charge in [-0.3, -0.25) is 9.59 Å². The van der Waals surface area contributed by atoms with Crippen molar-refractivity contribution in [1.29, 1.82) is 0 Å². The van der Waals surface area contributed by atoms with Crippen LogP contribution in [0.15, 0.2) is 0 Å². The van der Waals surface area contributed by atoms with Gasteiger partial charge < -0.3 is 16.2 Å². The highest BCUT2D eigenvalue weighted by atomic mass is 16.4. The first-order valence-electron chi connectivity index (χ1n) is 5.25. The average molecular weight is 214 g/mol. The molecule has 1 saturated carbocycles. The number of nitrogens with one attached hydrogen (secondary N) is 1. The fourth-order valence-corrected chi connectivity index (χ4v) is 1.33. The first kappa shape index (κ1) is 12.0. The maximum Gasteiger partial charge on any atom is 0.308 e. The van der Waals surface area contributed by atoms with E-state index in [0.717, 1.165) is 12.8 Å². The number of carbonyl (C=O) groups is 2. The Morgan fingerprint density at radius 2 is 2.13 bits per heavy atom. The highest BCUT2D eigenvalue weighted by molar-refractivity contribution is 5.77. The van der Waals surface area contributed by atoms with E-state index in [2.05, 4.69) is 5.32 Å². The van der Waals surface area contributed by atoms with Crippen LogP contribution >= 0.6 is 0 Å². The summed E-state index contributed by atoms with van der Waals surface area (Å²) in [4.78, 5) is 21.8. The molecule has 0 aliphatic heterocycles. The largest absolute Gasteiger partial charge is 0.481 e. The molecule has 0 aromatic rings. The molecule has 15 heavy (non-hydrogen) atoms. The summed E-state index contributed by atoms with van der Waals surface area (Å²) in [6.07, 6.45) is 2.52. The number of nitrogens with two attached hydrogens (primary N) is 1. The summed E-state index contributed by atoms with van der Waals surface area (Å²) in [5.41, 5.74) is 5.77. The molecular formula is C10H18N2O3. The van der Waals surface area contributed by atoms with Crippen molar-refractivity contribution in [3.8, 4) is 0 Å². The van der Waals surface area contributed by atoms with Crippen molar-refractivity contribution in [3.05, 3.63) is 0 Å². The summed E-state index contributed by atoms with van der Waals surface area (Å²) >= 11 is 0. The molecule has 1 amide bonds. The lowest BCUT2D eigenvalue weighted by molar-refractivity contribution is -0.141. The molecule has 0 spiro atoms. The van der Waals surface area contributed by atoms with Crippen LogP contribution in [0.5, 0.6) is 0 Å². The highest BCUT2D eigenvalue weighted by Gasteiger charge is 2.29. The maximum atomic E-state index is 11.3. The Bertz CT molecular complexity index is 251. The van der Waals surface area contributed by atoms with Crippen LogP contribution in [-0.4, -0.2) is 29.6 Å². The van der Waals surface area contributed by atoms with Gasteiger partial charge in [-0.1, -0.05) is 6.92 Å². The number of hydrogen-bond donors (Lipinski definition) is 3. The molecule has 0 bridgehead atoms. The number of amides is 1. The van der Waals surface area contributed by atoms with Crippen LogP contribution in [0.4, 0.5) is 0 Å². The van der Waals surface area contributed by atoms with E-state index < -0.39 is 11.9 Å². The Morgan fingerprint density at radius 1 is 1.53 bits per heavy atom. The van der Waals surface area contributed by atoms with Crippen molar-refractivity contribution in [1.82, 2.24) is 5.32 Å². The van der Waals surface area contributed by atoms with Gasteiger partial charge in [-0.15, -0.1) is 0 Å². The second-order valence-corrected chi connectivity index (χ2v) is 4.25. The quantitative estimate of drug-likeness (QED) is 0.578. The SMILES string of the molecule is CC(CNC(=O)CC(N)C1CC1)C(=O)O. The van der Waals surface area contributed by atoms with Crippen LogP contribution in [0.1, 0.15) is 26.2 Å². The van der Waals surface area contributed by atoms with E-state index in [4.69, 9.17) is 10.8 Å². The van der Waals surface area contributed by atoms with Crippen LogP contribution in [0.25, 0.3) is 0 Å². The number of rotatable bonds is 6. The van der Waals surface area contributed by atoms with E-state index in [1.165, 1.54) is 0 Å². The van der Waals surface area contributed by atoms with E-state index >= 15 is 0 Å². The molecule has 0 heterocycles. The first-order chi connectivity index (χ1) is 7.00. The van der Waals surface area contributed by atoms with Crippen molar-refractivity contribution in [2.24, 2.45) is 17.6 Å². The first-order valence-corrected chi connectivity index (χ1v) is 5.25. The smallest absolute Gasteiger partial charge is 0.308 e. The normalized spacial score (nSPS) is 19.3. The molecule has 5 nitrogen and oxygen atoms in total. The fourth-order valence-electron chi connectivity index (χ4n) is 1.33. The Hall–Kier alpha value is -1.10. The zero-order valence-electron chi connectivity index (χ0n) is 8.90. The van der Waals surface area contributed by atoms with Gasteiger partial charge in [0.2, 0.25) is 5.91 Å². The van der Waals surface area contributed by atoms with Gasteiger partial charge in [0, 0.05) is 19.0 Å². The summed E-state index contributed by atoms with van der Waals surface area (Å²) in [6.45, 7) is 1.73. The van der Waals surface area contributed by atoms with Crippen LogP contribution in [-0.2, 0) is 9.59 Å². The van der Waals surface area contributed by atoms with Gasteiger partial charge in [-0.05, 0) is 18.8 Å². The van der Waals surface area contributed by atoms with E-state index in [9.17, 15) is 9.59 Å². The van der Waals surface area contributed by atoms with Gasteiger partial charge in [-0.25, -0.2) is 0 Å². The standard InChI is InChI=1S/C10H18N2O3/c1-6(10(14)15)5-12-9(13)4-8(11)7-2-3-7/h6-8H,2-5,11H2,1H3,(H,12,13)(H,14,15). The minimum Gasteiger partial charge on any atom is -0.481 e. The molecule has 0 radical (unpaired) electrons. The fraction of sp³-hybridized carbons (Fsp3) is 0.800. The minimum atomic E-state index is -0.901. The van der Waals surface area contributed by atoms with Crippen LogP contribution < -0.4 is 11.1 Å². The molecule has 0 aromatic heterocycles. The number of aliphatic carboxylic acids is 1. The second kappa shape index (κ2) is 5.11. The average Bonchev–Trinajstić information content (AvgIpc) is 2.96. The van der Waals surface area contributed by atoms with Gasteiger partial charge in [0.1, 0.15) is 0 Å². The third kappa shape index (κ3) is 4.29. The van der Waals surface area contributed by atoms with Gasteiger partial charge >= 0.3 is 5.97 Å². The van der Waals surface area contributed by atoms with Gasteiger partial charge in [0.05, 0.1) is 5.92 Å². The number of hydrogen-bond acceptors (Lipinski definition) is 3. The van der Waals surface area contributed by atoms with Gasteiger partial charge in [-0.2, -0.15) is 0 Å². The molecule has 1 aliphatic carbocycles. The van der Waals surface area contributed by atoms with Gasteiger partial charge in [0.25, 0.3) is 0 Å². The Kier molecular flexibility index (Phi) is 4.08. The summed E-state index contributed by atoms with van der Waals surface area (Å²) in [5, 5.41) is 11.2. The predicted octanol–water partition coefficient (Wildman–Crippen LogP) is -0.0493. The lowest BCUT2D eigenvalue weighted by Gasteiger charge is -2.11. The summed E-state index contributed by atoms with van der Waals surface area (Å²) < 4.78 is 0. The second-order valence-electron chi connectivity index (χ2n) is 4.25. The van der Waals surface area contributed by atoms with Crippen LogP contribution in [0.2, 0.25) is 0 Å². The molecule has 1 fully saturated rings. The highest BCUT2D eigenvalue weighted by Crippen LogP contribution is 2.32. The number of carboxylic acids is 1. The van der Waals surface area contributed by atoms with Gasteiger partial charge in [0.15, 0.2) is 0 Å². The zero-order chi connectivity index (χ0) is 11.4. The number of carboxylic acid groups (broad SMARTS) is 1. The van der Waals surface area contributed by atoms with Crippen molar-refractivity contribution >= 4 is 11.9 Å². The molecule has 1 aliphatic rings. The minimum absolute atomic E-state index is 0.0647. The van der Waals surface area contributed by atoms with E-state index in [1.807, 2.05) is 0 Å². The zero-order valence-corrected chi connectivity index (χ0v) is 8.90. The number of carbonyl (C=O) groups excluding carboxylic acids is 1. The van der Waals surface area contributed by atoms with Crippen molar-refractivity contribution in [2.75, 3.05) is 6.54 Å². The topological polar surface area (TPSA) is 92.4 Å². The lowest BCUT2D eigenvalue weighted by Crippen LogP contribution is -2.36. The summed E-state index contributed by atoms with van der Waals surface area (Å²) in [5.74, 6) is -1.11. The van der Waals surface area contributed by atoms with E-state index in [-0.39, 0.29) is 18.5 Å². The molecule has 0 aromatic carbocycles. The van der Waals surface area contributed by atoms with Crippen LogP contribution in [0, 0.1) is 11.8 Å². The molecule has 5 heteroatoms. The van der Waals surface area contributed by atoms with Crippen molar-refractivity contribution in [3.63, 3.8) is 0 Å². The van der Waals surface area contributed by atoms with Crippen molar-refractivity contribution in [2.45, 2.75) is 32.2 Å². The maximum absolute atomic E-state index is 11.3. The molecule has 86 valence electrons. The molecule has 2 atom stereocenters. The lowest BCUT2D eigenvalue weighted by atomic mass is 10.1. The Balaban J connectivity index is 2.15. The predicted molar refractivity (Wildman–Crippen MR) is 55.1 cm³/mol. The van der Waals surface area contributed by atoms with E-state index in [0.29, 0.717) is 12.3 Å². The van der Waals surface area contributed by atoms with Crippen molar-refractivity contribution < 1.29 is 14.7 Å². The molecule has 1 rings (SSSR count). The molecular weight excluding hydrogens is 196 g/mol. The summed E-state index contributed by atoms with van der Waals surface area (Å²) in [6, 6.07) is -0.0647. The molecule has 2 unspecified atom stereocenters. The Morgan fingerprint density at radius 3 is 2.60 bits per heavy atom. The Labute approximate surface area is 89.0 Å².